The zero-order valence-electron chi connectivity index (χ0n) is 17.0. The second kappa shape index (κ2) is 10.2. The summed E-state index contributed by atoms with van der Waals surface area (Å²) >= 11 is 6.25. The van der Waals surface area contributed by atoms with Crippen LogP contribution in [0.25, 0.3) is 0 Å². The minimum absolute atomic E-state index is 0.0292. The van der Waals surface area contributed by atoms with Crippen molar-refractivity contribution in [2.75, 3.05) is 26.7 Å². The van der Waals surface area contributed by atoms with Crippen molar-refractivity contribution < 1.29 is 14.3 Å². The SMILES string of the molecule is COc1ccc(CN2CCN(C(=O)NC3CCCCC3)CC2CC(N)=O)cc1Cl. The molecule has 0 aromatic heterocycles. The molecule has 3 amide bonds. The third-order valence-corrected chi connectivity index (χ3v) is 6.16. The van der Waals surface area contributed by atoms with Gasteiger partial charge >= 0.3 is 6.03 Å². The Labute approximate surface area is 177 Å². The number of carbonyl (C=O) groups is 2. The molecule has 3 N–H and O–H groups in total. The van der Waals surface area contributed by atoms with Crippen LogP contribution in [0.1, 0.15) is 44.1 Å². The molecule has 3 rings (SSSR count). The Balaban J connectivity index is 1.62. The molecule has 2 fully saturated rings. The minimum atomic E-state index is -0.359. The molecule has 1 atom stereocenters. The predicted molar refractivity (Wildman–Crippen MR) is 113 cm³/mol. The van der Waals surface area contributed by atoms with Crippen molar-refractivity contribution in [2.24, 2.45) is 5.73 Å². The van der Waals surface area contributed by atoms with Gasteiger partial charge in [0.25, 0.3) is 0 Å². The predicted octanol–water partition coefficient (Wildman–Crippen LogP) is 2.75. The minimum Gasteiger partial charge on any atom is -0.495 e. The van der Waals surface area contributed by atoms with E-state index in [-0.39, 0.29) is 30.4 Å². The number of amides is 3. The van der Waals surface area contributed by atoms with E-state index in [9.17, 15) is 9.59 Å². The molecule has 7 nitrogen and oxygen atoms in total. The van der Waals surface area contributed by atoms with Crippen LogP contribution >= 0.6 is 11.6 Å². The van der Waals surface area contributed by atoms with Gasteiger partial charge in [-0.05, 0) is 30.5 Å². The maximum Gasteiger partial charge on any atom is 0.317 e. The Morgan fingerprint density at radius 1 is 1.24 bits per heavy atom. The van der Waals surface area contributed by atoms with Crippen molar-refractivity contribution in [3.05, 3.63) is 28.8 Å². The second-order valence-corrected chi connectivity index (χ2v) is 8.40. The van der Waals surface area contributed by atoms with Gasteiger partial charge in [-0.3, -0.25) is 9.69 Å². The number of methoxy groups -OCH3 is 1. The summed E-state index contributed by atoms with van der Waals surface area (Å²) in [4.78, 5) is 28.4. The number of halogens is 1. The van der Waals surface area contributed by atoms with Gasteiger partial charge in [0.05, 0.1) is 12.1 Å². The summed E-state index contributed by atoms with van der Waals surface area (Å²) in [7, 11) is 1.58. The van der Waals surface area contributed by atoms with E-state index in [4.69, 9.17) is 22.1 Å². The van der Waals surface area contributed by atoms with E-state index in [1.807, 2.05) is 23.1 Å². The molecule has 1 saturated heterocycles. The Morgan fingerprint density at radius 3 is 2.66 bits per heavy atom. The van der Waals surface area contributed by atoms with E-state index in [2.05, 4.69) is 10.2 Å². The van der Waals surface area contributed by atoms with Crippen molar-refractivity contribution in [3.63, 3.8) is 0 Å². The molecular formula is C21H31ClN4O3. The number of urea groups is 1. The molecule has 1 heterocycles. The third kappa shape index (κ3) is 6.00. The van der Waals surface area contributed by atoms with E-state index < -0.39 is 0 Å². The van der Waals surface area contributed by atoms with Gasteiger partial charge in [-0.1, -0.05) is 36.9 Å². The maximum absolute atomic E-state index is 12.7. The molecule has 1 saturated carbocycles. The summed E-state index contributed by atoms with van der Waals surface area (Å²) < 4.78 is 5.21. The van der Waals surface area contributed by atoms with Gasteiger partial charge in [-0.15, -0.1) is 0 Å². The molecule has 1 aliphatic heterocycles. The van der Waals surface area contributed by atoms with Crippen molar-refractivity contribution >= 4 is 23.5 Å². The fourth-order valence-corrected chi connectivity index (χ4v) is 4.55. The molecule has 0 bridgehead atoms. The average molecular weight is 423 g/mol. The highest BCUT2D eigenvalue weighted by molar-refractivity contribution is 6.32. The van der Waals surface area contributed by atoms with Gasteiger partial charge in [0, 0.05) is 44.7 Å². The van der Waals surface area contributed by atoms with Gasteiger partial charge in [-0.2, -0.15) is 0 Å². The van der Waals surface area contributed by atoms with Crippen LogP contribution in [0.2, 0.25) is 5.02 Å². The largest absolute Gasteiger partial charge is 0.495 e. The van der Waals surface area contributed by atoms with E-state index in [1.54, 1.807) is 7.11 Å². The van der Waals surface area contributed by atoms with Crippen molar-refractivity contribution in [1.82, 2.24) is 15.1 Å². The Kier molecular flexibility index (Phi) is 7.61. The number of hydrogen-bond acceptors (Lipinski definition) is 4. The highest BCUT2D eigenvalue weighted by Crippen LogP contribution is 2.26. The number of rotatable bonds is 6. The van der Waals surface area contributed by atoms with E-state index in [0.29, 0.717) is 37.0 Å². The summed E-state index contributed by atoms with van der Waals surface area (Å²) in [5.74, 6) is 0.274. The first kappa shape index (κ1) is 21.7. The van der Waals surface area contributed by atoms with Gasteiger partial charge in [0.1, 0.15) is 5.75 Å². The standard InChI is InChI=1S/C21H31ClN4O3/c1-29-19-8-7-15(11-18(19)22)13-25-9-10-26(14-17(25)12-20(23)27)21(28)24-16-5-3-2-4-6-16/h7-8,11,16-17H,2-6,9-10,12-14H2,1H3,(H2,23,27)(H,24,28). The molecule has 0 radical (unpaired) electrons. The van der Waals surface area contributed by atoms with Crippen LogP contribution in [0.4, 0.5) is 4.79 Å². The van der Waals surface area contributed by atoms with Crippen LogP contribution in [-0.4, -0.2) is 60.6 Å². The summed E-state index contributed by atoms with van der Waals surface area (Å²) in [6.45, 7) is 2.43. The van der Waals surface area contributed by atoms with Crippen molar-refractivity contribution in [2.45, 2.75) is 57.2 Å². The van der Waals surface area contributed by atoms with Gasteiger partial charge in [0.15, 0.2) is 0 Å². The fraction of sp³-hybridized carbons (Fsp3) is 0.619. The Morgan fingerprint density at radius 2 is 2.00 bits per heavy atom. The maximum atomic E-state index is 12.7. The number of primary amides is 1. The number of nitrogens with zero attached hydrogens (tertiary/aromatic N) is 2. The van der Waals surface area contributed by atoms with Crippen LogP contribution < -0.4 is 15.8 Å². The van der Waals surface area contributed by atoms with Gasteiger partial charge in [-0.25, -0.2) is 4.79 Å². The number of nitrogens with two attached hydrogens (primary N) is 1. The van der Waals surface area contributed by atoms with Gasteiger partial charge in [0.2, 0.25) is 5.91 Å². The van der Waals surface area contributed by atoms with Crippen molar-refractivity contribution in [3.8, 4) is 5.75 Å². The lowest BCUT2D eigenvalue weighted by Gasteiger charge is -2.41. The molecular weight excluding hydrogens is 392 g/mol. The number of piperazine rings is 1. The second-order valence-electron chi connectivity index (χ2n) is 7.99. The topological polar surface area (TPSA) is 87.9 Å². The molecule has 2 aliphatic rings. The highest BCUT2D eigenvalue weighted by atomic mass is 35.5. The molecule has 8 heteroatoms. The molecule has 0 spiro atoms. The quantitative estimate of drug-likeness (QED) is 0.737. The number of ether oxygens (including phenoxy) is 1. The first-order chi connectivity index (χ1) is 14.0. The first-order valence-corrected chi connectivity index (χ1v) is 10.7. The Hall–Kier alpha value is -1.99. The number of hydrogen-bond donors (Lipinski definition) is 2. The van der Waals surface area contributed by atoms with Crippen LogP contribution in [0.3, 0.4) is 0 Å². The fourth-order valence-electron chi connectivity index (χ4n) is 4.27. The van der Waals surface area contributed by atoms with E-state index >= 15 is 0 Å². The Bertz CT molecular complexity index is 724. The average Bonchev–Trinajstić information content (AvgIpc) is 2.70. The lowest BCUT2D eigenvalue weighted by atomic mass is 9.96. The summed E-state index contributed by atoms with van der Waals surface area (Å²) in [5.41, 5.74) is 6.52. The monoisotopic (exact) mass is 422 g/mol. The number of nitrogens with one attached hydrogen (secondary N) is 1. The lowest BCUT2D eigenvalue weighted by molar-refractivity contribution is -0.119. The summed E-state index contributed by atoms with van der Waals surface area (Å²) in [5, 5.41) is 3.73. The number of carbonyl (C=O) groups excluding carboxylic acids is 2. The van der Waals surface area contributed by atoms with Crippen LogP contribution in [0.5, 0.6) is 5.75 Å². The van der Waals surface area contributed by atoms with E-state index in [1.165, 1.54) is 19.3 Å². The van der Waals surface area contributed by atoms with Crippen molar-refractivity contribution in [1.29, 1.82) is 0 Å². The summed E-state index contributed by atoms with van der Waals surface area (Å²) in [6.07, 6.45) is 5.92. The zero-order valence-corrected chi connectivity index (χ0v) is 17.8. The van der Waals surface area contributed by atoms with Crippen LogP contribution in [0, 0.1) is 0 Å². The molecule has 160 valence electrons. The molecule has 1 aromatic carbocycles. The lowest BCUT2D eigenvalue weighted by Crippen LogP contribution is -2.58. The van der Waals surface area contributed by atoms with Gasteiger partial charge < -0.3 is 20.7 Å². The number of benzene rings is 1. The molecule has 1 aromatic rings. The molecule has 29 heavy (non-hydrogen) atoms. The third-order valence-electron chi connectivity index (χ3n) is 5.86. The highest BCUT2D eigenvalue weighted by Gasteiger charge is 2.31. The van der Waals surface area contributed by atoms with Crippen LogP contribution in [0.15, 0.2) is 18.2 Å². The normalized spacial score (nSPS) is 21.0. The van der Waals surface area contributed by atoms with Crippen LogP contribution in [-0.2, 0) is 11.3 Å². The van der Waals surface area contributed by atoms with E-state index in [0.717, 1.165) is 18.4 Å². The molecule has 1 aliphatic carbocycles. The smallest absolute Gasteiger partial charge is 0.317 e. The molecule has 1 unspecified atom stereocenters. The zero-order chi connectivity index (χ0) is 20.8. The summed E-state index contributed by atoms with van der Waals surface area (Å²) in [6, 6.07) is 5.82. The first-order valence-electron chi connectivity index (χ1n) is 10.4.